The van der Waals surface area contributed by atoms with Crippen LogP contribution in [-0.2, 0) is 11.2 Å². The molecule has 0 spiro atoms. The van der Waals surface area contributed by atoms with Gasteiger partial charge in [0.2, 0.25) is 11.8 Å². The van der Waals surface area contributed by atoms with Crippen LogP contribution >= 0.6 is 11.6 Å². The molecule has 1 aromatic heterocycles. The van der Waals surface area contributed by atoms with E-state index >= 15 is 0 Å². The van der Waals surface area contributed by atoms with Crippen LogP contribution in [0.15, 0.2) is 18.2 Å². The average Bonchev–Trinajstić information content (AvgIpc) is 2.69. The van der Waals surface area contributed by atoms with Gasteiger partial charge in [-0.2, -0.15) is 0 Å². The first-order valence-electron chi connectivity index (χ1n) is 10.7. The molecular weight excluding hydrogens is 398 g/mol. The van der Waals surface area contributed by atoms with Gasteiger partial charge in [0, 0.05) is 31.1 Å². The van der Waals surface area contributed by atoms with Crippen molar-refractivity contribution in [1.29, 1.82) is 0 Å². The molecule has 0 aliphatic rings. The predicted octanol–water partition coefficient (Wildman–Crippen LogP) is 6.17. The minimum Gasteiger partial charge on any atom is -0.436 e. The van der Waals surface area contributed by atoms with Crippen LogP contribution in [-0.4, -0.2) is 29.9 Å². The Hall–Kier alpha value is -2.27. The second-order valence-corrected chi connectivity index (χ2v) is 7.94. The number of ether oxygens (including phenoxy) is 1. The molecule has 0 unspecified atom stereocenters. The molecule has 2 aromatic rings. The third-order valence-corrected chi connectivity index (χ3v) is 5.18. The van der Waals surface area contributed by atoms with Gasteiger partial charge in [-0.1, -0.05) is 31.5 Å². The fourth-order valence-corrected chi connectivity index (χ4v) is 3.78. The van der Waals surface area contributed by atoms with E-state index < -0.39 is 0 Å². The molecule has 6 heteroatoms. The lowest BCUT2D eigenvalue weighted by Crippen LogP contribution is -2.26. The summed E-state index contributed by atoms with van der Waals surface area (Å²) in [6.07, 6.45) is 2.01. The number of pyridine rings is 1. The van der Waals surface area contributed by atoms with Crippen molar-refractivity contribution in [1.82, 2.24) is 4.98 Å². The van der Waals surface area contributed by atoms with Gasteiger partial charge in [-0.3, -0.25) is 4.79 Å². The number of aromatic nitrogens is 1. The Balaban J connectivity index is 2.65. The second-order valence-electron chi connectivity index (χ2n) is 7.56. The fourth-order valence-electron chi connectivity index (χ4n) is 3.61. The number of halogens is 1. The summed E-state index contributed by atoms with van der Waals surface area (Å²) in [5.74, 6) is 1.32. The van der Waals surface area contributed by atoms with Crippen LogP contribution in [0.3, 0.4) is 0 Å². The number of anilines is 2. The summed E-state index contributed by atoms with van der Waals surface area (Å²) in [6, 6.07) is 6.24. The molecule has 0 saturated heterocycles. The average molecular weight is 432 g/mol. The number of rotatable bonds is 10. The van der Waals surface area contributed by atoms with Crippen LogP contribution in [0.25, 0.3) is 0 Å². The molecule has 2 rings (SSSR count). The van der Waals surface area contributed by atoms with Gasteiger partial charge < -0.3 is 15.0 Å². The minimum atomic E-state index is -0.146. The molecule has 1 amide bonds. The molecule has 1 aromatic carbocycles. The zero-order valence-electron chi connectivity index (χ0n) is 19.1. The smallest absolute Gasteiger partial charge is 0.245 e. The maximum absolute atomic E-state index is 12.5. The lowest BCUT2D eigenvalue weighted by atomic mass is 10.1. The zero-order valence-corrected chi connectivity index (χ0v) is 19.8. The largest absolute Gasteiger partial charge is 0.436 e. The molecule has 164 valence electrons. The number of carbonyl (C=O) groups excluding carboxylic acids is 1. The van der Waals surface area contributed by atoms with Crippen molar-refractivity contribution in [2.24, 2.45) is 0 Å². The van der Waals surface area contributed by atoms with Crippen molar-refractivity contribution in [3.05, 3.63) is 40.6 Å². The Morgan fingerprint density at radius 3 is 2.33 bits per heavy atom. The number of hydrogen-bond acceptors (Lipinski definition) is 4. The van der Waals surface area contributed by atoms with E-state index in [9.17, 15) is 4.79 Å². The van der Waals surface area contributed by atoms with Crippen molar-refractivity contribution in [2.75, 3.05) is 29.2 Å². The molecule has 0 radical (unpaired) electrons. The third kappa shape index (κ3) is 5.88. The first kappa shape index (κ1) is 24.0. The number of hydrogen-bond donors (Lipinski definition) is 1. The van der Waals surface area contributed by atoms with Gasteiger partial charge in [-0.15, -0.1) is 11.6 Å². The van der Waals surface area contributed by atoms with E-state index in [1.54, 1.807) is 0 Å². The number of nitrogens with zero attached hydrogens (tertiary/aromatic N) is 2. The van der Waals surface area contributed by atoms with Gasteiger partial charge >= 0.3 is 0 Å². The minimum absolute atomic E-state index is 0.146. The Labute approximate surface area is 185 Å². The van der Waals surface area contributed by atoms with Gasteiger partial charge in [0.1, 0.15) is 11.4 Å². The molecule has 1 heterocycles. The second kappa shape index (κ2) is 11.2. The number of amides is 1. The number of benzene rings is 1. The van der Waals surface area contributed by atoms with Gasteiger partial charge in [-0.05, 0) is 57.7 Å². The highest BCUT2D eigenvalue weighted by molar-refractivity contribution is 6.19. The summed E-state index contributed by atoms with van der Waals surface area (Å²) in [5, 5.41) is 3.02. The number of carbonyl (C=O) groups is 1. The number of aryl methyl sites for hydroxylation is 4. The molecule has 30 heavy (non-hydrogen) atoms. The summed E-state index contributed by atoms with van der Waals surface area (Å²) in [5.41, 5.74) is 5.73. The van der Waals surface area contributed by atoms with E-state index in [1.165, 1.54) is 5.56 Å². The zero-order chi connectivity index (χ0) is 22.3. The van der Waals surface area contributed by atoms with Crippen molar-refractivity contribution >= 4 is 28.9 Å². The molecule has 0 aliphatic carbocycles. The molecule has 1 N–H and O–H groups in total. The lowest BCUT2D eigenvalue weighted by Gasteiger charge is -2.27. The van der Waals surface area contributed by atoms with E-state index in [2.05, 4.69) is 56.1 Å². The van der Waals surface area contributed by atoms with Crippen LogP contribution in [0, 0.1) is 20.8 Å². The van der Waals surface area contributed by atoms with E-state index in [0.29, 0.717) is 11.6 Å². The standard InChI is InChI=1S/C24H34ClN3O2/c1-7-12-28(9-3)20-15-19(8-2)26-24(22(20)27-21(29)10-11-25)30-23-17(5)13-16(4)14-18(23)6/h13-15H,7-12H2,1-6H3,(H,27,29). The maximum atomic E-state index is 12.5. The van der Waals surface area contributed by atoms with Gasteiger partial charge in [0.05, 0.1) is 5.69 Å². The quantitative estimate of drug-likeness (QED) is 0.457. The van der Waals surface area contributed by atoms with E-state index in [4.69, 9.17) is 21.3 Å². The molecule has 0 atom stereocenters. The molecule has 5 nitrogen and oxygen atoms in total. The Kier molecular flexibility index (Phi) is 8.97. The van der Waals surface area contributed by atoms with Crippen LogP contribution in [0.2, 0.25) is 0 Å². The Morgan fingerprint density at radius 1 is 1.13 bits per heavy atom. The van der Waals surface area contributed by atoms with Gasteiger partial charge in [0.15, 0.2) is 0 Å². The topological polar surface area (TPSA) is 54.5 Å². The van der Waals surface area contributed by atoms with Crippen LogP contribution in [0.1, 0.15) is 56.0 Å². The first-order chi connectivity index (χ1) is 14.3. The first-order valence-corrected chi connectivity index (χ1v) is 11.3. The van der Waals surface area contributed by atoms with Crippen molar-refractivity contribution < 1.29 is 9.53 Å². The molecule has 0 bridgehead atoms. The van der Waals surface area contributed by atoms with E-state index in [0.717, 1.165) is 54.2 Å². The Morgan fingerprint density at radius 2 is 1.80 bits per heavy atom. The van der Waals surface area contributed by atoms with Crippen LogP contribution in [0.5, 0.6) is 11.6 Å². The monoisotopic (exact) mass is 431 g/mol. The molecule has 0 fully saturated rings. The fraction of sp³-hybridized carbons (Fsp3) is 0.500. The molecular formula is C24H34ClN3O2. The van der Waals surface area contributed by atoms with E-state index in [1.807, 2.05) is 13.8 Å². The number of nitrogens with one attached hydrogen (secondary N) is 1. The summed E-state index contributed by atoms with van der Waals surface area (Å²) in [6.45, 7) is 14.2. The summed E-state index contributed by atoms with van der Waals surface area (Å²) in [4.78, 5) is 19.5. The molecule has 0 saturated carbocycles. The van der Waals surface area contributed by atoms with Crippen molar-refractivity contribution in [3.8, 4) is 11.6 Å². The highest BCUT2D eigenvalue weighted by atomic mass is 35.5. The third-order valence-electron chi connectivity index (χ3n) is 4.99. The maximum Gasteiger partial charge on any atom is 0.245 e. The number of alkyl halides is 1. The normalized spacial score (nSPS) is 10.8. The Bertz CT molecular complexity index is 860. The van der Waals surface area contributed by atoms with Crippen molar-refractivity contribution in [3.63, 3.8) is 0 Å². The highest BCUT2D eigenvalue weighted by Crippen LogP contribution is 2.39. The SMILES string of the molecule is CCCN(CC)c1cc(CC)nc(Oc2c(C)cc(C)cc2C)c1NC(=O)CCCl. The predicted molar refractivity (Wildman–Crippen MR) is 126 cm³/mol. The molecule has 0 aliphatic heterocycles. The van der Waals surface area contributed by atoms with Crippen LogP contribution < -0.4 is 15.0 Å². The van der Waals surface area contributed by atoms with Gasteiger partial charge in [-0.25, -0.2) is 4.98 Å². The summed E-state index contributed by atoms with van der Waals surface area (Å²) >= 11 is 5.80. The van der Waals surface area contributed by atoms with Crippen molar-refractivity contribution in [2.45, 2.75) is 60.8 Å². The highest BCUT2D eigenvalue weighted by Gasteiger charge is 2.21. The van der Waals surface area contributed by atoms with Crippen LogP contribution in [0.4, 0.5) is 11.4 Å². The summed E-state index contributed by atoms with van der Waals surface area (Å²) in [7, 11) is 0. The lowest BCUT2D eigenvalue weighted by molar-refractivity contribution is -0.115. The van der Waals surface area contributed by atoms with Gasteiger partial charge in [0.25, 0.3) is 0 Å². The summed E-state index contributed by atoms with van der Waals surface area (Å²) < 4.78 is 6.38. The van der Waals surface area contributed by atoms with E-state index in [-0.39, 0.29) is 18.2 Å².